The molecule has 0 spiro atoms. The van der Waals surface area contributed by atoms with Crippen molar-refractivity contribution in [2.75, 3.05) is 13.7 Å². The smallest absolute Gasteiger partial charge is 0.164 e. The summed E-state index contributed by atoms with van der Waals surface area (Å²) in [6.07, 6.45) is 6.89. The van der Waals surface area contributed by atoms with Gasteiger partial charge in [-0.1, -0.05) is 54.4 Å². The van der Waals surface area contributed by atoms with Gasteiger partial charge in [0, 0.05) is 23.1 Å². The topological polar surface area (TPSA) is 38.7 Å². The van der Waals surface area contributed by atoms with E-state index in [1.165, 1.54) is 18.4 Å². The Bertz CT molecular complexity index is 706. The Balaban J connectivity index is 2.20. The summed E-state index contributed by atoms with van der Waals surface area (Å²) in [4.78, 5) is 0. The van der Waals surface area contributed by atoms with Gasteiger partial charge in [-0.3, -0.25) is 0 Å². The van der Waals surface area contributed by atoms with E-state index >= 15 is 0 Å². The zero-order valence-corrected chi connectivity index (χ0v) is 19.0. The van der Waals surface area contributed by atoms with Gasteiger partial charge in [0.25, 0.3) is 0 Å². The molecule has 3 nitrogen and oxygen atoms in total. The van der Waals surface area contributed by atoms with Crippen LogP contribution < -0.4 is 4.74 Å². The van der Waals surface area contributed by atoms with Crippen molar-refractivity contribution in [3.63, 3.8) is 0 Å². The van der Waals surface area contributed by atoms with E-state index in [9.17, 15) is 5.11 Å². The Labute approximate surface area is 171 Å². The molecule has 2 aliphatic rings. The fourth-order valence-corrected chi connectivity index (χ4v) is 6.06. The van der Waals surface area contributed by atoms with E-state index < -0.39 is 0 Å². The van der Waals surface area contributed by atoms with Crippen molar-refractivity contribution in [1.29, 1.82) is 0 Å². The van der Waals surface area contributed by atoms with Crippen molar-refractivity contribution in [1.82, 2.24) is 0 Å². The van der Waals surface area contributed by atoms with Crippen LogP contribution in [0.25, 0.3) is 0 Å². The predicted molar refractivity (Wildman–Crippen MR) is 115 cm³/mol. The Morgan fingerprint density at radius 2 is 1.93 bits per heavy atom. The first-order valence-corrected chi connectivity index (χ1v) is 11.2. The van der Waals surface area contributed by atoms with Crippen molar-refractivity contribution in [2.24, 2.45) is 11.3 Å². The van der Waals surface area contributed by atoms with Crippen molar-refractivity contribution in [3.05, 3.63) is 22.8 Å². The minimum absolute atomic E-state index is 0.0332. The Hall–Kier alpha value is -1.22. The van der Waals surface area contributed by atoms with Crippen LogP contribution in [0.3, 0.4) is 0 Å². The van der Waals surface area contributed by atoms with E-state index in [-0.39, 0.29) is 22.9 Å². The first kappa shape index (κ1) is 21.5. The van der Waals surface area contributed by atoms with Crippen LogP contribution in [0.2, 0.25) is 0 Å². The SMILES string of the molecule is CCCCO[C@H]1CC2C(C)(C)CCC[C@]2(C)c2c1cc(C(C)C)c(OC)c2O. The predicted octanol–water partition coefficient (Wildman–Crippen LogP) is 6.87. The highest BCUT2D eigenvalue weighted by Gasteiger charge is 2.54. The largest absolute Gasteiger partial charge is 0.504 e. The summed E-state index contributed by atoms with van der Waals surface area (Å²) in [5, 5.41) is 11.4. The molecule has 1 saturated carbocycles. The maximum absolute atomic E-state index is 11.4. The molecule has 1 N–H and O–H groups in total. The minimum atomic E-state index is -0.0332. The van der Waals surface area contributed by atoms with Crippen molar-refractivity contribution < 1.29 is 14.6 Å². The van der Waals surface area contributed by atoms with Crippen LogP contribution in [-0.2, 0) is 10.2 Å². The zero-order valence-electron chi connectivity index (χ0n) is 19.0. The van der Waals surface area contributed by atoms with E-state index in [1.54, 1.807) is 7.11 Å². The lowest BCUT2D eigenvalue weighted by Gasteiger charge is -2.56. The van der Waals surface area contributed by atoms with E-state index in [0.717, 1.165) is 43.4 Å². The van der Waals surface area contributed by atoms with Crippen LogP contribution in [0.15, 0.2) is 6.07 Å². The summed E-state index contributed by atoms with van der Waals surface area (Å²) in [5.74, 6) is 1.80. The van der Waals surface area contributed by atoms with Crippen molar-refractivity contribution >= 4 is 0 Å². The molecule has 3 rings (SSSR count). The van der Waals surface area contributed by atoms with Gasteiger partial charge in [-0.15, -0.1) is 0 Å². The van der Waals surface area contributed by atoms with Crippen LogP contribution in [0.4, 0.5) is 0 Å². The van der Waals surface area contributed by atoms with Gasteiger partial charge in [-0.2, -0.15) is 0 Å². The molecular weight excluding hydrogens is 348 g/mol. The maximum Gasteiger partial charge on any atom is 0.164 e. The standard InChI is InChI=1S/C25H40O3/c1-8-9-13-28-19-15-20-24(4,5)11-10-12-25(20,6)21-18(19)14-17(16(2)3)23(27-7)22(21)26/h14,16,19-20,26H,8-13,15H2,1-7H3/t19-,20?,25-/m0/s1. The molecule has 3 heteroatoms. The fourth-order valence-electron chi connectivity index (χ4n) is 6.06. The van der Waals surface area contributed by atoms with E-state index in [0.29, 0.717) is 17.4 Å². The number of fused-ring (bicyclic) bond motifs is 3. The van der Waals surface area contributed by atoms with Crippen LogP contribution in [-0.4, -0.2) is 18.8 Å². The molecule has 1 fully saturated rings. The molecule has 0 aromatic heterocycles. The molecule has 1 aromatic carbocycles. The molecule has 158 valence electrons. The third kappa shape index (κ3) is 3.44. The quantitative estimate of drug-likeness (QED) is 0.540. The molecule has 2 aliphatic carbocycles. The number of methoxy groups -OCH3 is 1. The number of unbranched alkanes of at least 4 members (excludes halogenated alkanes) is 1. The lowest BCUT2D eigenvalue weighted by Crippen LogP contribution is -2.49. The number of rotatable bonds is 6. The summed E-state index contributed by atoms with van der Waals surface area (Å²) < 4.78 is 12.2. The lowest BCUT2D eigenvalue weighted by atomic mass is 9.49. The number of hydrogen-bond donors (Lipinski definition) is 1. The third-order valence-corrected chi connectivity index (χ3v) is 7.55. The van der Waals surface area contributed by atoms with Gasteiger partial charge in [0.05, 0.1) is 13.2 Å². The first-order valence-electron chi connectivity index (χ1n) is 11.2. The van der Waals surface area contributed by atoms with Gasteiger partial charge in [0.1, 0.15) is 0 Å². The minimum Gasteiger partial charge on any atom is -0.504 e. The lowest BCUT2D eigenvalue weighted by molar-refractivity contribution is -0.0406. The fraction of sp³-hybridized carbons (Fsp3) is 0.760. The molecule has 1 aromatic rings. The summed E-state index contributed by atoms with van der Waals surface area (Å²) in [5.41, 5.74) is 3.59. The maximum atomic E-state index is 11.4. The second-order valence-corrected chi connectivity index (χ2v) is 10.2. The number of aromatic hydroxyl groups is 1. The molecule has 0 amide bonds. The average Bonchev–Trinajstić information content (AvgIpc) is 2.61. The van der Waals surface area contributed by atoms with E-state index in [2.05, 4.69) is 47.6 Å². The van der Waals surface area contributed by atoms with Crippen LogP contribution in [0.1, 0.15) is 109 Å². The molecular formula is C25H40O3. The molecule has 0 saturated heterocycles. The van der Waals surface area contributed by atoms with Crippen LogP contribution in [0, 0.1) is 11.3 Å². The second-order valence-electron chi connectivity index (χ2n) is 10.2. The Morgan fingerprint density at radius 1 is 1.21 bits per heavy atom. The van der Waals surface area contributed by atoms with Gasteiger partial charge < -0.3 is 14.6 Å². The van der Waals surface area contributed by atoms with Crippen LogP contribution >= 0.6 is 0 Å². The summed E-state index contributed by atoms with van der Waals surface area (Å²) in [6.45, 7) is 14.5. The molecule has 1 unspecified atom stereocenters. The number of hydrogen-bond acceptors (Lipinski definition) is 3. The molecule has 0 bridgehead atoms. The first-order chi connectivity index (χ1) is 13.2. The number of phenolic OH excluding ortho intramolecular Hbond substituents is 1. The normalized spacial score (nSPS) is 28.7. The number of ether oxygens (including phenoxy) is 2. The summed E-state index contributed by atoms with van der Waals surface area (Å²) in [7, 11) is 1.68. The number of phenols is 1. The van der Waals surface area contributed by atoms with E-state index in [1.807, 2.05) is 0 Å². The monoisotopic (exact) mass is 388 g/mol. The van der Waals surface area contributed by atoms with Gasteiger partial charge in [0.15, 0.2) is 11.5 Å². The third-order valence-electron chi connectivity index (χ3n) is 7.55. The summed E-state index contributed by atoms with van der Waals surface area (Å²) in [6, 6.07) is 2.28. The molecule has 0 radical (unpaired) electrons. The van der Waals surface area contributed by atoms with Crippen molar-refractivity contribution in [2.45, 2.75) is 97.5 Å². The molecule has 28 heavy (non-hydrogen) atoms. The number of benzene rings is 1. The molecule has 0 heterocycles. The molecule has 3 atom stereocenters. The Morgan fingerprint density at radius 3 is 2.54 bits per heavy atom. The van der Waals surface area contributed by atoms with Crippen molar-refractivity contribution in [3.8, 4) is 11.5 Å². The highest BCUT2D eigenvalue weighted by atomic mass is 16.5. The average molecular weight is 389 g/mol. The summed E-state index contributed by atoms with van der Waals surface area (Å²) >= 11 is 0. The second kappa shape index (κ2) is 7.89. The van der Waals surface area contributed by atoms with Gasteiger partial charge in [-0.25, -0.2) is 0 Å². The highest BCUT2D eigenvalue weighted by Crippen LogP contribution is 2.63. The zero-order chi connectivity index (χ0) is 20.7. The Kier molecular flexibility index (Phi) is 6.06. The van der Waals surface area contributed by atoms with Gasteiger partial charge in [-0.05, 0) is 54.6 Å². The highest BCUT2D eigenvalue weighted by molar-refractivity contribution is 5.60. The van der Waals surface area contributed by atoms with Crippen LogP contribution in [0.5, 0.6) is 11.5 Å². The van der Waals surface area contributed by atoms with Gasteiger partial charge in [0.2, 0.25) is 0 Å². The van der Waals surface area contributed by atoms with E-state index in [4.69, 9.17) is 9.47 Å². The molecule has 0 aliphatic heterocycles. The van der Waals surface area contributed by atoms with Gasteiger partial charge >= 0.3 is 0 Å².